The lowest BCUT2D eigenvalue weighted by Crippen LogP contribution is -2.48. The van der Waals surface area contributed by atoms with E-state index in [1.807, 2.05) is 35.2 Å². The van der Waals surface area contributed by atoms with E-state index in [1.165, 1.54) is 5.19 Å². The van der Waals surface area contributed by atoms with Gasteiger partial charge in [-0.3, -0.25) is 14.5 Å². The second-order valence-electron chi connectivity index (χ2n) is 11.3. The zero-order chi connectivity index (χ0) is 26.8. The Kier molecular flexibility index (Phi) is 7.99. The molecule has 0 aromatic heterocycles. The summed E-state index contributed by atoms with van der Waals surface area (Å²) in [7, 11) is -1.66. The Morgan fingerprint density at radius 3 is 2.24 bits per heavy atom. The number of halogens is 1. The molecule has 37 heavy (non-hydrogen) atoms. The van der Waals surface area contributed by atoms with Crippen LogP contribution in [-0.4, -0.2) is 73.1 Å². The number of hydrogen-bond donors (Lipinski definition) is 0. The van der Waals surface area contributed by atoms with Crippen molar-refractivity contribution in [2.75, 3.05) is 32.7 Å². The highest BCUT2D eigenvalue weighted by molar-refractivity contribution is 6.88. The average Bonchev–Trinajstić information content (AvgIpc) is 3.25. The van der Waals surface area contributed by atoms with Crippen molar-refractivity contribution in [1.82, 2.24) is 14.8 Å². The molecule has 2 aliphatic heterocycles. The van der Waals surface area contributed by atoms with Crippen LogP contribution < -0.4 is 5.19 Å². The molecule has 8 heteroatoms. The summed E-state index contributed by atoms with van der Waals surface area (Å²) in [6.45, 7) is 14.0. The first kappa shape index (κ1) is 27.2. The Bertz CT molecular complexity index is 1170. The Labute approximate surface area is 221 Å². The number of piperazine rings is 1. The van der Waals surface area contributed by atoms with Crippen LogP contribution in [0.1, 0.15) is 44.2 Å². The number of hydrogen-bond acceptors (Lipinski definition) is 4. The number of benzene rings is 2. The minimum absolute atomic E-state index is 0.126. The fourth-order valence-electron chi connectivity index (χ4n) is 5.53. The predicted octanol–water partition coefficient (Wildman–Crippen LogP) is 4.17. The van der Waals surface area contributed by atoms with Crippen molar-refractivity contribution in [2.45, 2.75) is 58.3 Å². The fourth-order valence-corrected chi connectivity index (χ4v) is 6.69. The number of carbonyl (C=O) groups is 2. The van der Waals surface area contributed by atoms with Crippen molar-refractivity contribution in [3.8, 4) is 0 Å². The molecule has 1 saturated heterocycles. The zero-order valence-electron chi connectivity index (χ0n) is 22.8. The second-order valence-corrected chi connectivity index (χ2v) is 16.4. The van der Waals surface area contributed by atoms with Gasteiger partial charge in [0.1, 0.15) is 5.82 Å². The van der Waals surface area contributed by atoms with E-state index in [0.717, 1.165) is 44.7 Å². The van der Waals surface area contributed by atoms with Crippen molar-refractivity contribution in [3.63, 3.8) is 0 Å². The van der Waals surface area contributed by atoms with Crippen LogP contribution in [0.15, 0.2) is 53.6 Å². The van der Waals surface area contributed by atoms with Gasteiger partial charge in [0, 0.05) is 52.0 Å². The summed E-state index contributed by atoms with van der Waals surface area (Å²) in [5.74, 6) is -0.312. The molecule has 1 atom stereocenters. The molecule has 4 rings (SSSR count). The molecule has 0 N–H and O–H groups in total. The summed E-state index contributed by atoms with van der Waals surface area (Å²) < 4.78 is 15.2. The molecule has 0 spiro atoms. The van der Waals surface area contributed by atoms with Gasteiger partial charge in [0.15, 0.2) is 0 Å². The van der Waals surface area contributed by atoms with Gasteiger partial charge < -0.3 is 4.90 Å². The van der Waals surface area contributed by atoms with Gasteiger partial charge in [-0.25, -0.2) is 9.40 Å². The van der Waals surface area contributed by atoms with Crippen LogP contribution in [0.3, 0.4) is 0 Å². The molecular formula is C29H39FN4O2Si. The van der Waals surface area contributed by atoms with E-state index in [2.05, 4.69) is 36.7 Å². The first-order chi connectivity index (χ1) is 17.5. The van der Waals surface area contributed by atoms with Crippen molar-refractivity contribution >= 4 is 30.8 Å². The molecule has 198 valence electrons. The van der Waals surface area contributed by atoms with Gasteiger partial charge in [-0.05, 0) is 31.0 Å². The molecule has 2 aliphatic rings. The van der Waals surface area contributed by atoms with E-state index >= 15 is 4.39 Å². The topological polar surface area (TPSA) is 56.2 Å². The zero-order valence-corrected chi connectivity index (χ0v) is 23.8. The van der Waals surface area contributed by atoms with E-state index in [4.69, 9.17) is 5.10 Å². The highest BCUT2D eigenvalue weighted by atomic mass is 28.3. The Morgan fingerprint density at radius 1 is 0.973 bits per heavy atom. The molecule has 0 bridgehead atoms. The third-order valence-corrected chi connectivity index (χ3v) is 9.76. The standard InChI is InChI=1S/C29H39FN4O2Si/c1-22(35)33-18-16-32(17-19-33)15-9-14-29(24-10-7-6-8-11-24)21-28(31-34(29)23(2)36)26-20-25(37(3,4)5)12-13-27(26)30/h6-8,10-13,20H,9,14-19,21H2,1-5H3/t29-/m1/s1. The highest BCUT2D eigenvalue weighted by Gasteiger charge is 2.46. The first-order valence-corrected chi connectivity index (χ1v) is 16.7. The fraction of sp³-hybridized carbons (Fsp3) is 0.483. The number of hydrazone groups is 1. The van der Waals surface area contributed by atoms with Gasteiger partial charge in [0.2, 0.25) is 11.8 Å². The maximum atomic E-state index is 15.2. The number of nitrogens with zero attached hydrogens (tertiary/aromatic N) is 4. The summed E-state index contributed by atoms with van der Waals surface area (Å²) in [5, 5.41) is 7.56. The molecule has 2 heterocycles. The number of amides is 2. The lowest BCUT2D eigenvalue weighted by Gasteiger charge is -2.38. The maximum absolute atomic E-state index is 15.2. The molecule has 0 saturated carbocycles. The largest absolute Gasteiger partial charge is 0.340 e. The Balaban J connectivity index is 1.61. The van der Waals surface area contributed by atoms with E-state index in [-0.39, 0.29) is 17.6 Å². The molecule has 0 radical (unpaired) electrons. The molecule has 2 aromatic rings. The van der Waals surface area contributed by atoms with Crippen molar-refractivity contribution in [2.24, 2.45) is 5.10 Å². The van der Waals surface area contributed by atoms with Gasteiger partial charge in [-0.2, -0.15) is 5.10 Å². The Morgan fingerprint density at radius 2 is 1.65 bits per heavy atom. The molecule has 0 aliphatic carbocycles. The van der Waals surface area contributed by atoms with Gasteiger partial charge in [0.05, 0.1) is 19.3 Å². The highest BCUT2D eigenvalue weighted by Crippen LogP contribution is 2.43. The van der Waals surface area contributed by atoms with Crippen LogP contribution in [0.2, 0.25) is 19.6 Å². The lowest BCUT2D eigenvalue weighted by atomic mass is 9.80. The summed E-state index contributed by atoms with van der Waals surface area (Å²) in [4.78, 5) is 28.9. The molecule has 0 unspecified atom stereocenters. The quantitative estimate of drug-likeness (QED) is 0.513. The van der Waals surface area contributed by atoms with Crippen LogP contribution in [0, 0.1) is 5.82 Å². The molecule has 6 nitrogen and oxygen atoms in total. The van der Waals surface area contributed by atoms with Gasteiger partial charge in [-0.1, -0.05) is 67.3 Å². The normalized spacial score (nSPS) is 20.8. The van der Waals surface area contributed by atoms with Gasteiger partial charge in [-0.15, -0.1) is 0 Å². The van der Waals surface area contributed by atoms with Gasteiger partial charge >= 0.3 is 0 Å². The minimum atomic E-state index is -1.66. The molecule has 2 aromatic carbocycles. The Hall–Kier alpha value is -2.84. The van der Waals surface area contributed by atoms with Crippen molar-refractivity contribution in [1.29, 1.82) is 0 Å². The maximum Gasteiger partial charge on any atom is 0.240 e. The van der Waals surface area contributed by atoms with Crippen LogP contribution in [0.5, 0.6) is 0 Å². The predicted molar refractivity (Wildman–Crippen MR) is 149 cm³/mol. The van der Waals surface area contributed by atoms with Crippen molar-refractivity contribution < 1.29 is 14.0 Å². The van der Waals surface area contributed by atoms with E-state index in [9.17, 15) is 9.59 Å². The smallest absolute Gasteiger partial charge is 0.240 e. The van der Waals surface area contributed by atoms with Crippen molar-refractivity contribution in [3.05, 3.63) is 65.5 Å². The summed E-state index contributed by atoms with van der Waals surface area (Å²) >= 11 is 0. The minimum Gasteiger partial charge on any atom is -0.340 e. The first-order valence-electron chi connectivity index (χ1n) is 13.2. The number of carbonyl (C=O) groups excluding carboxylic acids is 2. The summed E-state index contributed by atoms with van der Waals surface area (Å²) in [6.07, 6.45) is 2.05. The SMILES string of the molecule is CC(=O)N1CCN(CCC[C@]2(c3ccccc3)CC(c3cc([Si](C)(C)C)ccc3F)=NN2C(C)=O)CC1. The van der Waals surface area contributed by atoms with E-state index in [0.29, 0.717) is 24.1 Å². The molecule has 1 fully saturated rings. The second kappa shape index (κ2) is 10.9. The van der Waals surface area contributed by atoms with Gasteiger partial charge in [0.25, 0.3) is 0 Å². The third kappa shape index (κ3) is 5.85. The molecular weight excluding hydrogens is 483 g/mol. The summed E-state index contributed by atoms with van der Waals surface area (Å²) in [5.41, 5.74) is 1.49. The van der Waals surface area contributed by atoms with E-state index < -0.39 is 13.6 Å². The van der Waals surface area contributed by atoms with Crippen LogP contribution >= 0.6 is 0 Å². The molecule has 2 amide bonds. The van der Waals surface area contributed by atoms with E-state index in [1.54, 1.807) is 24.9 Å². The van der Waals surface area contributed by atoms with Crippen LogP contribution in [0.25, 0.3) is 0 Å². The number of rotatable bonds is 7. The van der Waals surface area contributed by atoms with Crippen LogP contribution in [-0.2, 0) is 15.1 Å². The summed E-state index contributed by atoms with van der Waals surface area (Å²) in [6, 6.07) is 15.4. The third-order valence-electron chi connectivity index (χ3n) is 7.72. The monoisotopic (exact) mass is 522 g/mol. The lowest BCUT2D eigenvalue weighted by molar-refractivity contribution is -0.135. The van der Waals surface area contributed by atoms with Crippen LogP contribution in [0.4, 0.5) is 4.39 Å². The average molecular weight is 523 g/mol.